The van der Waals surface area contributed by atoms with Gasteiger partial charge in [-0.2, -0.15) is 0 Å². The fourth-order valence-electron chi connectivity index (χ4n) is 2.28. The number of amides is 2. The van der Waals surface area contributed by atoms with Crippen molar-refractivity contribution < 1.29 is 9.59 Å². The molecule has 2 amide bonds. The van der Waals surface area contributed by atoms with E-state index in [9.17, 15) is 9.59 Å². The van der Waals surface area contributed by atoms with Crippen molar-refractivity contribution >= 4 is 35.8 Å². The zero-order valence-electron chi connectivity index (χ0n) is 14.2. The molecule has 0 heterocycles. The van der Waals surface area contributed by atoms with Gasteiger partial charge in [-0.3, -0.25) is 9.59 Å². The molecule has 0 aliphatic heterocycles. The molecule has 4 N–H and O–H groups in total. The summed E-state index contributed by atoms with van der Waals surface area (Å²) in [7, 11) is 0. The first-order valence-electron chi connectivity index (χ1n) is 8.01. The minimum absolute atomic E-state index is 0. The van der Waals surface area contributed by atoms with Crippen LogP contribution in [0.1, 0.15) is 49.9 Å². The lowest BCUT2D eigenvalue weighted by molar-refractivity contribution is -0.123. The second-order valence-corrected chi connectivity index (χ2v) is 6.04. The highest BCUT2D eigenvalue weighted by atomic mass is 35.5. The Kier molecular flexibility index (Phi) is 10.7. The van der Waals surface area contributed by atoms with Gasteiger partial charge in [0.25, 0.3) is 5.91 Å². The lowest BCUT2D eigenvalue weighted by atomic mass is 9.92. The van der Waals surface area contributed by atoms with Crippen molar-refractivity contribution in [2.45, 2.75) is 45.1 Å². The molecule has 0 spiro atoms. The SMILES string of the molecule is CCC(CC)(CN)NC(=O)CCCNC(=O)c1ccc(Cl)cc1.Cl. The normalized spacial score (nSPS) is 10.7. The molecule has 0 unspecified atom stereocenters. The summed E-state index contributed by atoms with van der Waals surface area (Å²) in [4.78, 5) is 23.9. The summed E-state index contributed by atoms with van der Waals surface area (Å²) >= 11 is 5.78. The van der Waals surface area contributed by atoms with Crippen LogP contribution in [0.3, 0.4) is 0 Å². The standard InChI is InChI=1S/C17H26ClN3O2.ClH/c1-3-17(4-2,12-19)21-15(22)6-5-11-20-16(23)13-7-9-14(18)10-8-13;/h7-10H,3-6,11-12,19H2,1-2H3,(H,20,23)(H,21,22);1H. The van der Waals surface area contributed by atoms with E-state index in [0.29, 0.717) is 36.5 Å². The number of hydrogen-bond acceptors (Lipinski definition) is 3. The first kappa shape index (κ1) is 22.7. The molecule has 5 nitrogen and oxygen atoms in total. The third-order valence-electron chi connectivity index (χ3n) is 4.12. The summed E-state index contributed by atoms with van der Waals surface area (Å²) in [6, 6.07) is 6.68. The number of nitrogens with two attached hydrogens (primary N) is 1. The first-order valence-corrected chi connectivity index (χ1v) is 8.39. The molecule has 0 bridgehead atoms. The fraction of sp³-hybridized carbons (Fsp3) is 0.529. The van der Waals surface area contributed by atoms with Crippen molar-refractivity contribution in [3.8, 4) is 0 Å². The van der Waals surface area contributed by atoms with Crippen molar-refractivity contribution in [2.75, 3.05) is 13.1 Å². The molecule has 0 atom stereocenters. The second kappa shape index (κ2) is 11.3. The maximum absolute atomic E-state index is 12.0. The zero-order valence-corrected chi connectivity index (χ0v) is 15.8. The zero-order chi connectivity index (χ0) is 17.3. The van der Waals surface area contributed by atoms with Crippen molar-refractivity contribution in [3.05, 3.63) is 34.9 Å². The molecular formula is C17H27Cl2N3O2. The Morgan fingerprint density at radius 1 is 1.17 bits per heavy atom. The molecule has 0 saturated heterocycles. The Morgan fingerprint density at radius 2 is 1.75 bits per heavy atom. The molecule has 0 aliphatic carbocycles. The summed E-state index contributed by atoms with van der Waals surface area (Å²) < 4.78 is 0. The van der Waals surface area contributed by atoms with Crippen LogP contribution < -0.4 is 16.4 Å². The van der Waals surface area contributed by atoms with Crippen LogP contribution in [0.2, 0.25) is 5.02 Å². The monoisotopic (exact) mass is 375 g/mol. The van der Waals surface area contributed by atoms with Gasteiger partial charge in [0.05, 0.1) is 5.54 Å². The van der Waals surface area contributed by atoms with E-state index in [4.69, 9.17) is 17.3 Å². The molecule has 1 aromatic carbocycles. The lowest BCUT2D eigenvalue weighted by Gasteiger charge is -2.31. The topological polar surface area (TPSA) is 84.2 Å². The Hall–Kier alpha value is -1.30. The number of halogens is 2. The van der Waals surface area contributed by atoms with E-state index in [0.717, 1.165) is 12.8 Å². The van der Waals surface area contributed by atoms with Gasteiger partial charge in [0, 0.05) is 30.1 Å². The highest BCUT2D eigenvalue weighted by Crippen LogP contribution is 2.13. The van der Waals surface area contributed by atoms with Gasteiger partial charge < -0.3 is 16.4 Å². The van der Waals surface area contributed by atoms with Crippen molar-refractivity contribution in [3.63, 3.8) is 0 Å². The summed E-state index contributed by atoms with van der Waals surface area (Å²) in [5.41, 5.74) is 6.00. The number of hydrogen-bond donors (Lipinski definition) is 3. The summed E-state index contributed by atoms with van der Waals surface area (Å²) in [5, 5.41) is 6.40. The van der Waals surface area contributed by atoms with Crippen molar-refractivity contribution in [1.82, 2.24) is 10.6 Å². The fourth-order valence-corrected chi connectivity index (χ4v) is 2.40. The maximum Gasteiger partial charge on any atom is 0.251 e. The smallest absolute Gasteiger partial charge is 0.251 e. The van der Waals surface area contributed by atoms with Gasteiger partial charge in [0.2, 0.25) is 5.91 Å². The molecule has 7 heteroatoms. The number of benzene rings is 1. The van der Waals surface area contributed by atoms with Crippen LogP contribution in [0.5, 0.6) is 0 Å². The quantitative estimate of drug-likeness (QED) is 0.580. The maximum atomic E-state index is 12.0. The highest BCUT2D eigenvalue weighted by molar-refractivity contribution is 6.30. The van der Waals surface area contributed by atoms with Crippen LogP contribution in [0.15, 0.2) is 24.3 Å². The van der Waals surface area contributed by atoms with Crippen LogP contribution >= 0.6 is 24.0 Å². The Labute approximate surface area is 155 Å². The summed E-state index contributed by atoms with van der Waals surface area (Å²) in [5.74, 6) is -0.194. The van der Waals surface area contributed by atoms with Gasteiger partial charge in [0.1, 0.15) is 0 Å². The number of rotatable bonds is 9. The van der Waals surface area contributed by atoms with Crippen LogP contribution in [0.4, 0.5) is 0 Å². The number of carbonyl (C=O) groups excluding carboxylic acids is 2. The van der Waals surface area contributed by atoms with Gasteiger partial charge in [0.15, 0.2) is 0 Å². The molecular weight excluding hydrogens is 349 g/mol. The minimum atomic E-state index is -0.316. The Morgan fingerprint density at radius 3 is 2.25 bits per heavy atom. The molecule has 136 valence electrons. The Bertz CT molecular complexity index is 509. The molecule has 1 aromatic rings. The summed E-state index contributed by atoms with van der Waals surface area (Å²) in [6.07, 6.45) is 2.56. The van der Waals surface area contributed by atoms with Crippen LogP contribution in [0.25, 0.3) is 0 Å². The number of nitrogens with one attached hydrogen (secondary N) is 2. The van der Waals surface area contributed by atoms with E-state index in [1.165, 1.54) is 0 Å². The third kappa shape index (κ3) is 7.07. The largest absolute Gasteiger partial charge is 0.352 e. The molecule has 0 saturated carbocycles. The molecule has 1 rings (SSSR count). The van der Waals surface area contributed by atoms with Crippen molar-refractivity contribution in [1.29, 1.82) is 0 Å². The summed E-state index contributed by atoms with van der Waals surface area (Å²) in [6.45, 7) is 4.91. The van der Waals surface area contributed by atoms with Crippen LogP contribution in [-0.2, 0) is 4.79 Å². The van der Waals surface area contributed by atoms with Gasteiger partial charge in [-0.1, -0.05) is 25.4 Å². The van der Waals surface area contributed by atoms with E-state index in [-0.39, 0.29) is 29.8 Å². The van der Waals surface area contributed by atoms with E-state index in [1.807, 2.05) is 13.8 Å². The van der Waals surface area contributed by atoms with E-state index >= 15 is 0 Å². The minimum Gasteiger partial charge on any atom is -0.352 e. The molecule has 0 radical (unpaired) electrons. The van der Waals surface area contributed by atoms with Gasteiger partial charge in [-0.05, 0) is 43.5 Å². The van der Waals surface area contributed by atoms with Gasteiger partial charge in [-0.25, -0.2) is 0 Å². The highest BCUT2D eigenvalue weighted by Gasteiger charge is 2.25. The van der Waals surface area contributed by atoms with Crippen LogP contribution in [0, 0.1) is 0 Å². The number of carbonyl (C=O) groups is 2. The Balaban J connectivity index is 0.00000529. The first-order chi connectivity index (χ1) is 11.0. The predicted octanol–water partition coefficient (Wildman–Crippen LogP) is 2.91. The van der Waals surface area contributed by atoms with Crippen LogP contribution in [-0.4, -0.2) is 30.4 Å². The molecule has 0 fully saturated rings. The molecule has 24 heavy (non-hydrogen) atoms. The van der Waals surface area contributed by atoms with E-state index in [2.05, 4.69) is 10.6 Å². The second-order valence-electron chi connectivity index (χ2n) is 5.61. The predicted molar refractivity (Wildman–Crippen MR) is 101 cm³/mol. The van der Waals surface area contributed by atoms with Gasteiger partial charge >= 0.3 is 0 Å². The van der Waals surface area contributed by atoms with E-state index < -0.39 is 0 Å². The van der Waals surface area contributed by atoms with E-state index in [1.54, 1.807) is 24.3 Å². The average molecular weight is 376 g/mol. The average Bonchev–Trinajstić information content (AvgIpc) is 2.57. The van der Waals surface area contributed by atoms with Gasteiger partial charge in [-0.15, -0.1) is 12.4 Å². The third-order valence-corrected chi connectivity index (χ3v) is 4.37. The molecule has 0 aliphatic rings. The lowest BCUT2D eigenvalue weighted by Crippen LogP contribution is -2.52. The molecule has 0 aromatic heterocycles. The van der Waals surface area contributed by atoms with Crippen molar-refractivity contribution in [2.24, 2.45) is 5.73 Å².